The molecule has 0 saturated carbocycles. The lowest BCUT2D eigenvalue weighted by atomic mass is 10.0. The molecule has 0 aromatic heterocycles. The molecule has 1 aliphatic rings. The standard InChI is InChI=1S/C13H24N2O6/c1-2-3-15(11-9-21-8-10(11)12(18)19)13(20)14(4-6-16)5-7-17/h10-11,16-17H,2-9H2,1H3,(H,18,19). The highest BCUT2D eigenvalue weighted by atomic mass is 16.5. The van der Waals surface area contributed by atoms with E-state index in [1.165, 1.54) is 9.80 Å². The molecule has 0 aliphatic carbocycles. The molecule has 0 radical (unpaired) electrons. The third-order valence-electron chi connectivity index (χ3n) is 3.49. The molecular weight excluding hydrogens is 280 g/mol. The number of hydrogen-bond donors (Lipinski definition) is 3. The molecule has 3 N–H and O–H groups in total. The Labute approximate surface area is 123 Å². The molecular formula is C13H24N2O6. The van der Waals surface area contributed by atoms with Crippen LogP contribution in [0.4, 0.5) is 4.79 Å². The van der Waals surface area contributed by atoms with E-state index in [1.807, 2.05) is 6.92 Å². The quantitative estimate of drug-likeness (QED) is 0.542. The highest BCUT2D eigenvalue weighted by Gasteiger charge is 2.40. The molecule has 1 rings (SSSR count). The number of rotatable bonds is 8. The van der Waals surface area contributed by atoms with Gasteiger partial charge in [0.05, 0.1) is 32.5 Å². The summed E-state index contributed by atoms with van der Waals surface area (Å²) in [6.45, 7) is 2.36. The number of carbonyl (C=O) groups excluding carboxylic acids is 1. The van der Waals surface area contributed by atoms with Gasteiger partial charge in [0, 0.05) is 19.6 Å². The van der Waals surface area contributed by atoms with Crippen molar-refractivity contribution < 1.29 is 29.6 Å². The zero-order valence-corrected chi connectivity index (χ0v) is 12.3. The van der Waals surface area contributed by atoms with Gasteiger partial charge in [0.1, 0.15) is 5.92 Å². The van der Waals surface area contributed by atoms with Crippen molar-refractivity contribution in [1.29, 1.82) is 0 Å². The van der Waals surface area contributed by atoms with Gasteiger partial charge in [-0.05, 0) is 6.42 Å². The summed E-state index contributed by atoms with van der Waals surface area (Å²) in [5.41, 5.74) is 0. The average molecular weight is 304 g/mol. The summed E-state index contributed by atoms with van der Waals surface area (Å²) in [5, 5.41) is 27.2. The number of nitrogens with zero attached hydrogens (tertiary/aromatic N) is 2. The number of amides is 2. The van der Waals surface area contributed by atoms with E-state index in [-0.39, 0.29) is 45.5 Å². The zero-order chi connectivity index (χ0) is 15.8. The molecule has 21 heavy (non-hydrogen) atoms. The van der Waals surface area contributed by atoms with E-state index in [4.69, 9.17) is 14.9 Å². The number of ether oxygens (including phenoxy) is 1. The molecule has 122 valence electrons. The predicted molar refractivity (Wildman–Crippen MR) is 73.9 cm³/mol. The molecule has 1 heterocycles. The molecule has 8 nitrogen and oxygen atoms in total. The highest BCUT2D eigenvalue weighted by molar-refractivity contribution is 5.77. The average Bonchev–Trinajstić information content (AvgIpc) is 2.93. The summed E-state index contributed by atoms with van der Waals surface area (Å²) < 4.78 is 5.22. The second-order valence-corrected chi connectivity index (χ2v) is 4.96. The van der Waals surface area contributed by atoms with E-state index >= 15 is 0 Å². The Morgan fingerprint density at radius 3 is 2.24 bits per heavy atom. The Morgan fingerprint density at radius 2 is 1.76 bits per heavy atom. The zero-order valence-electron chi connectivity index (χ0n) is 12.3. The predicted octanol–water partition coefficient (Wildman–Crippen LogP) is -0.795. The van der Waals surface area contributed by atoms with Crippen molar-refractivity contribution in [2.75, 3.05) is 46.1 Å². The number of carboxylic acids is 1. The molecule has 0 bridgehead atoms. The fraction of sp³-hybridized carbons (Fsp3) is 0.846. The molecule has 0 aromatic rings. The van der Waals surface area contributed by atoms with Crippen molar-refractivity contribution in [2.45, 2.75) is 19.4 Å². The molecule has 8 heteroatoms. The summed E-state index contributed by atoms with van der Waals surface area (Å²) in [6.07, 6.45) is 0.681. The number of urea groups is 1. The Bertz CT molecular complexity index is 346. The van der Waals surface area contributed by atoms with Crippen LogP contribution in [0.1, 0.15) is 13.3 Å². The molecule has 0 spiro atoms. The van der Waals surface area contributed by atoms with Crippen molar-refractivity contribution >= 4 is 12.0 Å². The molecule has 2 amide bonds. The topological polar surface area (TPSA) is 111 Å². The third-order valence-corrected chi connectivity index (χ3v) is 3.49. The van der Waals surface area contributed by atoms with Crippen LogP contribution in [0.2, 0.25) is 0 Å². The van der Waals surface area contributed by atoms with Gasteiger partial charge in [0.25, 0.3) is 0 Å². The number of carboxylic acid groups (broad SMARTS) is 1. The van der Waals surface area contributed by atoms with Crippen molar-refractivity contribution in [1.82, 2.24) is 9.80 Å². The van der Waals surface area contributed by atoms with E-state index in [1.54, 1.807) is 0 Å². The Balaban J connectivity index is 2.87. The maximum absolute atomic E-state index is 12.5. The molecule has 2 unspecified atom stereocenters. The van der Waals surface area contributed by atoms with Crippen LogP contribution in [0.5, 0.6) is 0 Å². The van der Waals surface area contributed by atoms with Crippen LogP contribution < -0.4 is 0 Å². The second kappa shape index (κ2) is 8.81. The van der Waals surface area contributed by atoms with E-state index in [9.17, 15) is 14.7 Å². The minimum atomic E-state index is -0.984. The molecule has 1 aliphatic heterocycles. The van der Waals surface area contributed by atoms with Crippen LogP contribution in [0.15, 0.2) is 0 Å². The van der Waals surface area contributed by atoms with Gasteiger partial charge in [-0.15, -0.1) is 0 Å². The largest absolute Gasteiger partial charge is 0.481 e. The van der Waals surface area contributed by atoms with Crippen LogP contribution in [-0.4, -0.2) is 89.2 Å². The maximum Gasteiger partial charge on any atom is 0.320 e. The minimum Gasteiger partial charge on any atom is -0.481 e. The van der Waals surface area contributed by atoms with Gasteiger partial charge < -0.3 is 29.9 Å². The first-order valence-electron chi connectivity index (χ1n) is 7.14. The smallest absolute Gasteiger partial charge is 0.320 e. The van der Waals surface area contributed by atoms with Crippen LogP contribution in [0.3, 0.4) is 0 Å². The Morgan fingerprint density at radius 1 is 1.14 bits per heavy atom. The van der Waals surface area contributed by atoms with Gasteiger partial charge in [-0.1, -0.05) is 6.92 Å². The van der Waals surface area contributed by atoms with Crippen molar-refractivity contribution in [3.05, 3.63) is 0 Å². The number of aliphatic carboxylic acids is 1. The third kappa shape index (κ3) is 4.55. The second-order valence-electron chi connectivity index (χ2n) is 4.96. The Hall–Kier alpha value is -1.38. The molecule has 0 aromatic carbocycles. The van der Waals surface area contributed by atoms with Gasteiger partial charge in [-0.2, -0.15) is 0 Å². The highest BCUT2D eigenvalue weighted by Crippen LogP contribution is 2.21. The number of aliphatic hydroxyl groups is 2. The summed E-state index contributed by atoms with van der Waals surface area (Å²) in [5.74, 6) is -1.73. The van der Waals surface area contributed by atoms with Crippen molar-refractivity contribution in [3.8, 4) is 0 Å². The Kier molecular flexibility index (Phi) is 7.41. The lowest BCUT2D eigenvalue weighted by Gasteiger charge is -2.34. The normalized spacial score (nSPS) is 21.3. The fourth-order valence-corrected chi connectivity index (χ4v) is 2.46. The SMILES string of the molecule is CCCN(C(=O)N(CCO)CCO)C1COCC1C(=O)O. The lowest BCUT2D eigenvalue weighted by Crippen LogP contribution is -2.53. The van der Waals surface area contributed by atoms with Crippen LogP contribution in [0, 0.1) is 5.92 Å². The van der Waals surface area contributed by atoms with Gasteiger partial charge in [-0.25, -0.2) is 4.79 Å². The molecule has 1 fully saturated rings. The molecule has 1 saturated heterocycles. The van der Waals surface area contributed by atoms with E-state index < -0.39 is 17.9 Å². The van der Waals surface area contributed by atoms with Gasteiger partial charge in [0.15, 0.2) is 0 Å². The first-order chi connectivity index (χ1) is 10.1. The van der Waals surface area contributed by atoms with E-state index in [2.05, 4.69) is 0 Å². The van der Waals surface area contributed by atoms with Crippen LogP contribution in [0.25, 0.3) is 0 Å². The monoisotopic (exact) mass is 304 g/mol. The summed E-state index contributed by atoms with van der Waals surface area (Å²) in [6, 6.07) is -0.892. The van der Waals surface area contributed by atoms with Gasteiger partial charge in [-0.3, -0.25) is 4.79 Å². The summed E-state index contributed by atoms with van der Waals surface area (Å²) in [4.78, 5) is 26.6. The van der Waals surface area contributed by atoms with E-state index in [0.29, 0.717) is 13.0 Å². The fourth-order valence-electron chi connectivity index (χ4n) is 2.46. The van der Waals surface area contributed by atoms with Gasteiger partial charge in [0.2, 0.25) is 0 Å². The van der Waals surface area contributed by atoms with Crippen LogP contribution >= 0.6 is 0 Å². The van der Waals surface area contributed by atoms with Gasteiger partial charge >= 0.3 is 12.0 Å². The first kappa shape index (κ1) is 17.7. The minimum absolute atomic E-state index is 0.0908. The number of carbonyl (C=O) groups is 2. The lowest BCUT2D eigenvalue weighted by molar-refractivity contribution is -0.142. The summed E-state index contributed by atoms with van der Waals surface area (Å²) in [7, 11) is 0. The first-order valence-corrected chi connectivity index (χ1v) is 7.14. The number of hydrogen-bond acceptors (Lipinski definition) is 5. The van der Waals surface area contributed by atoms with E-state index in [0.717, 1.165) is 0 Å². The number of aliphatic hydroxyl groups excluding tert-OH is 2. The molecule has 2 atom stereocenters. The van der Waals surface area contributed by atoms with Crippen molar-refractivity contribution in [2.24, 2.45) is 5.92 Å². The maximum atomic E-state index is 12.5. The van der Waals surface area contributed by atoms with Crippen molar-refractivity contribution in [3.63, 3.8) is 0 Å². The summed E-state index contributed by atoms with van der Waals surface area (Å²) >= 11 is 0. The van der Waals surface area contributed by atoms with Crippen LogP contribution in [-0.2, 0) is 9.53 Å².